The molecule has 28 heavy (non-hydrogen) atoms. The Labute approximate surface area is 168 Å². The first-order chi connectivity index (χ1) is 14.4. The first-order valence-electron chi connectivity index (χ1n) is 10.7. The summed E-state index contributed by atoms with van der Waals surface area (Å²) < 4.78 is 50.4. The van der Waals surface area contributed by atoms with E-state index in [1.165, 1.54) is 18.2 Å². The smallest absolute Gasteiger partial charge is 0.496 e. The number of rotatable bonds is 5. The average molecular weight is 408 g/mol. The first kappa shape index (κ1) is 16.0. The number of phosphoric ester groups is 1. The highest BCUT2D eigenvalue weighted by Crippen LogP contribution is 2.60. The molecule has 2 atom stereocenters. The summed E-state index contributed by atoms with van der Waals surface area (Å²) in [5.74, 6) is 0.582. The Morgan fingerprint density at radius 2 is 2.04 bits per heavy atom. The SMILES string of the molecule is [2H]C([2H])([2H])OC(=C1C2CC3CC1CC(OC)(C3)C2)c1ccc(C#N)c(OP(=O)(O)O)c1. The van der Waals surface area contributed by atoms with Crippen molar-refractivity contribution >= 4 is 13.6 Å². The number of hydrogen-bond acceptors (Lipinski definition) is 5. The van der Waals surface area contributed by atoms with E-state index in [9.17, 15) is 19.6 Å². The largest absolute Gasteiger partial charge is 0.524 e. The molecule has 4 saturated carbocycles. The van der Waals surface area contributed by atoms with Crippen LogP contribution in [0.4, 0.5) is 0 Å². The number of nitriles is 1. The van der Waals surface area contributed by atoms with Crippen molar-refractivity contribution in [2.24, 2.45) is 17.8 Å². The maximum Gasteiger partial charge on any atom is 0.524 e. The van der Waals surface area contributed by atoms with Crippen molar-refractivity contribution in [2.45, 2.75) is 37.7 Å². The minimum Gasteiger partial charge on any atom is -0.496 e. The van der Waals surface area contributed by atoms with E-state index < -0.39 is 14.9 Å². The Bertz CT molecular complexity index is 993. The minimum absolute atomic E-state index is 0.0753. The van der Waals surface area contributed by atoms with Crippen LogP contribution in [0.15, 0.2) is 23.8 Å². The van der Waals surface area contributed by atoms with Gasteiger partial charge in [-0.1, -0.05) is 0 Å². The standard InChI is InChI=1S/C20H24NO6P/c1-25-19(13-3-4-14(11-21)17(7-13)27-28(22,23)24)18-15-5-12-6-16(18)10-20(8-12,9-15)26-2/h3-4,7,12,15-16H,5-6,8-10H2,1-2H3,(H2,22,23,24)/i1D3. The van der Waals surface area contributed by atoms with Crippen LogP contribution in [0.5, 0.6) is 5.75 Å². The van der Waals surface area contributed by atoms with Gasteiger partial charge in [0, 0.05) is 12.7 Å². The van der Waals surface area contributed by atoms with E-state index in [1.807, 2.05) is 6.07 Å². The van der Waals surface area contributed by atoms with Gasteiger partial charge in [-0.2, -0.15) is 5.26 Å². The highest BCUT2D eigenvalue weighted by molar-refractivity contribution is 7.46. The number of benzene rings is 1. The molecule has 0 aliphatic heterocycles. The highest BCUT2D eigenvalue weighted by Gasteiger charge is 2.54. The summed E-state index contributed by atoms with van der Waals surface area (Å²) in [5, 5.41) is 9.27. The fourth-order valence-corrected chi connectivity index (χ4v) is 5.99. The van der Waals surface area contributed by atoms with E-state index in [2.05, 4.69) is 4.52 Å². The van der Waals surface area contributed by atoms with Gasteiger partial charge in [0.05, 0.1) is 22.3 Å². The molecule has 0 amide bonds. The van der Waals surface area contributed by atoms with Crippen molar-refractivity contribution in [1.82, 2.24) is 0 Å². The third-order valence-corrected chi connectivity index (χ3v) is 6.83. The molecule has 0 saturated heterocycles. The molecular weight excluding hydrogens is 381 g/mol. The number of methoxy groups -OCH3 is 2. The van der Waals surface area contributed by atoms with E-state index in [1.54, 1.807) is 7.11 Å². The molecule has 4 fully saturated rings. The van der Waals surface area contributed by atoms with Gasteiger partial charge in [-0.25, -0.2) is 4.57 Å². The van der Waals surface area contributed by atoms with Crippen LogP contribution in [0, 0.1) is 29.1 Å². The zero-order valence-corrected chi connectivity index (χ0v) is 16.3. The lowest BCUT2D eigenvalue weighted by Gasteiger charge is -2.57. The summed E-state index contributed by atoms with van der Waals surface area (Å²) in [6.07, 6.45) is 4.42. The summed E-state index contributed by atoms with van der Waals surface area (Å²) in [4.78, 5) is 18.4. The van der Waals surface area contributed by atoms with Crippen LogP contribution in [0.2, 0.25) is 0 Å². The van der Waals surface area contributed by atoms with E-state index in [-0.39, 0.29) is 34.5 Å². The summed E-state index contributed by atoms with van der Waals surface area (Å²) in [6.45, 7) is 0. The lowest BCUT2D eigenvalue weighted by Crippen LogP contribution is -2.52. The van der Waals surface area contributed by atoms with E-state index in [0.29, 0.717) is 11.5 Å². The second-order valence-electron chi connectivity index (χ2n) is 8.02. The summed E-state index contributed by atoms with van der Waals surface area (Å²) in [5.41, 5.74) is 0.956. The number of phosphoric acid groups is 1. The Morgan fingerprint density at radius 1 is 1.32 bits per heavy atom. The zero-order valence-electron chi connectivity index (χ0n) is 18.4. The van der Waals surface area contributed by atoms with Gasteiger partial charge in [-0.05, 0) is 73.6 Å². The molecule has 1 aromatic carbocycles. The number of ether oxygens (including phenoxy) is 2. The van der Waals surface area contributed by atoms with Gasteiger partial charge in [-0.15, -0.1) is 0 Å². The van der Waals surface area contributed by atoms with Gasteiger partial charge in [-0.3, -0.25) is 9.79 Å². The first-order valence-corrected chi connectivity index (χ1v) is 10.7. The molecule has 4 aliphatic rings. The Kier molecular flexibility index (Phi) is 3.94. The maximum absolute atomic E-state index is 11.4. The third kappa shape index (κ3) is 3.35. The van der Waals surface area contributed by atoms with Crippen LogP contribution in [0.25, 0.3) is 5.76 Å². The lowest BCUT2D eigenvalue weighted by atomic mass is 9.52. The van der Waals surface area contributed by atoms with Gasteiger partial charge in [0.15, 0.2) is 0 Å². The maximum atomic E-state index is 11.4. The molecule has 4 aliphatic carbocycles. The lowest BCUT2D eigenvalue weighted by molar-refractivity contribution is -0.125. The average Bonchev–Trinajstić information content (AvgIpc) is 2.64. The molecule has 0 heterocycles. The van der Waals surface area contributed by atoms with Crippen molar-refractivity contribution < 1.29 is 32.5 Å². The molecule has 5 rings (SSSR count). The second-order valence-corrected chi connectivity index (χ2v) is 9.19. The minimum atomic E-state index is -4.92. The molecule has 2 unspecified atom stereocenters. The van der Waals surface area contributed by atoms with E-state index in [0.717, 1.165) is 37.7 Å². The van der Waals surface area contributed by atoms with Crippen molar-refractivity contribution in [2.75, 3.05) is 14.1 Å². The van der Waals surface area contributed by atoms with Crippen LogP contribution in [0.1, 0.15) is 47.3 Å². The van der Waals surface area contributed by atoms with Crippen LogP contribution >= 0.6 is 7.82 Å². The predicted octanol–water partition coefficient (Wildman–Crippen LogP) is 3.61. The molecule has 2 N–H and O–H groups in total. The third-order valence-electron chi connectivity index (χ3n) is 6.39. The van der Waals surface area contributed by atoms with Gasteiger partial charge in [0.2, 0.25) is 0 Å². The molecule has 4 bridgehead atoms. The zero-order chi connectivity index (χ0) is 22.6. The van der Waals surface area contributed by atoms with Crippen LogP contribution in [-0.2, 0) is 14.0 Å². The van der Waals surface area contributed by atoms with Gasteiger partial charge >= 0.3 is 7.82 Å². The molecule has 1 aromatic rings. The normalized spacial score (nSPS) is 32.9. The fourth-order valence-electron chi connectivity index (χ4n) is 5.58. The van der Waals surface area contributed by atoms with Crippen molar-refractivity contribution in [3.8, 4) is 11.8 Å². The number of hydrogen-bond donors (Lipinski definition) is 2. The van der Waals surface area contributed by atoms with Gasteiger partial charge in [0.1, 0.15) is 17.6 Å². The number of nitrogens with zero attached hydrogens (tertiary/aromatic N) is 1. The Balaban J connectivity index is 1.83. The van der Waals surface area contributed by atoms with Crippen molar-refractivity contribution in [3.63, 3.8) is 0 Å². The Morgan fingerprint density at radius 3 is 2.61 bits per heavy atom. The predicted molar refractivity (Wildman–Crippen MR) is 101 cm³/mol. The summed E-state index contributed by atoms with van der Waals surface area (Å²) >= 11 is 0. The monoisotopic (exact) mass is 408 g/mol. The molecule has 0 radical (unpaired) electrons. The Hall–Kier alpha value is -1.84. The van der Waals surface area contributed by atoms with Gasteiger partial charge < -0.3 is 14.0 Å². The number of allylic oxidation sites excluding steroid dienone is 1. The molecule has 0 spiro atoms. The second kappa shape index (κ2) is 6.89. The van der Waals surface area contributed by atoms with Crippen molar-refractivity contribution in [3.05, 3.63) is 34.9 Å². The molecule has 7 nitrogen and oxygen atoms in total. The van der Waals surface area contributed by atoms with Crippen LogP contribution < -0.4 is 4.52 Å². The van der Waals surface area contributed by atoms with Crippen molar-refractivity contribution in [1.29, 1.82) is 5.26 Å². The molecule has 0 aromatic heterocycles. The van der Waals surface area contributed by atoms with Crippen LogP contribution in [0.3, 0.4) is 0 Å². The topological polar surface area (TPSA) is 109 Å². The highest BCUT2D eigenvalue weighted by atomic mass is 31.2. The summed E-state index contributed by atoms with van der Waals surface area (Å²) in [7, 11) is -5.91. The molecule has 150 valence electrons. The van der Waals surface area contributed by atoms with E-state index >= 15 is 0 Å². The van der Waals surface area contributed by atoms with Gasteiger partial charge in [0.25, 0.3) is 0 Å². The van der Waals surface area contributed by atoms with E-state index in [4.69, 9.17) is 13.6 Å². The molecule has 8 heteroatoms. The van der Waals surface area contributed by atoms with Crippen LogP contribution in [-0.4, -0.2) is 29.5 Å². The fraction of sp³-hybridized carbons (Fsp3) is 0.550. The summed E-state index contributed by atoms with van der Waals surface area (Å²) in [6, 6.07) is 5.96. The quantitative estimate of drug-likeness (QED) is 0.566. The molecular formula is C20H24NO6P.